The van der Waals surface area contributed by atoms with Crippen LogP contribution in [0.5, 0.6) is 0 Å². The summed E-state index contributed by atoms with van der Waals surface area (Å²) < 4.78 is 0. The summed E-state index contributed by atoms with van der Waals surface area (Å²) in [5.74, 6) is 0. The van der Waals surface area contributed by atoms with Gasteiger partial charge in [0.2, 0.25) is 0 Å². The van der Waals surface area contributed by atoms with Crippen molar-refractivity contribution < 1.29 is 0 Å². The average Bonchev–Trinajstić information content (AvgIpc) is 2.76. The maximum Gasteiger partial charge on any atom is 0.0191 e. The molecule has 0 saturated carbocycles. The van der Waals surface area contributed by atoms with Crippen molar-refractivity contribution in [2.75, 3.05) is 0 Å². The quantitative estimate of drug-likeness (QED) is 0.280. The van der Waals surface area contributed by atoms with Crippen molar-refractivity contribution in [2.45, 2.75) is 23.6 Å². The Bertz CT molecular complexity index is 994. The zero-order valence-corrected chi connectivity index (χ0v) is 18.9. The Balaban J connectivity index is 1.34. The van der Waals surface area contributed by atoms with Crippen LogP contribution >= 0.6 is 31.4 Å². The summed E-state index contributed by atoms with van der Waals surface area (Å²) in [6.07, 6.45) is 0. The van der Waals surface area contributed by atoms with Gasteiger partial charge in [0.25, 0.3) is 0 Å². The van der Waals surface area contributed by atoms with Crippen molar-refractivity contribution in [3.63, 3.8) is 0 Å². The minimum Gasteiger partial charge on any atom is -0.0620 e. The Kier molecular flexibility index (Phi) is 6.70. The lowest BCUT2D eigenvalue weighted by Crippen LogP contribution is -1.82. The van der Waals surface area contributed by atoms with E-state index in [1.807, 2.05) is 0 Å². The number of benzene rings is 4. The predicted molar refractivity (Wildman–Crippen MR) is 133 cm³/mol. The molecule has 0 aromatic heterocycles. The predicted octanol–water partition coefficient (Wildman–Crippen LogP) is 9.09. The zero-order valence-electron chi connectivity index (χ0n) is 16.5. The van der Waals surface area contributed by atoms with Gasteiger partial charge < -0.3 is 0 Å². The van der Waals surface area contributed by atoms with Crippen LogP contribution < -0.4 is 0 Å². The second-order valence-corrected chi connectivity index (χ2v) is 11.0. The molecule has 0 N–H and O–H groups in total. The van der Waals surface area contributed by atoms with Gasteiger partial charge in [-0.25, -0.2) is 0 Å². The number of hydrogen-bond donors (Lipinski definition) is 0. The molecule has 0 aliphatic carbocycles. The summed E-state index contributed by atoms with van der Waals surface area (Å²) in [6.45, 7) is 4.32. The third-order valence-corrected chi connectivity index (χ3v) is 8.73. The molecule has 0 amide bonds. The zero-order chi connectivity index (χ0) is 20.1. The maximum atomic E-state index is 2.22. The largest absolute Gasteiger partial charge is 0.0620 e. The van der Waals surface area contributed by atoms with Crippen LogP contribution in [0.25, 0.3) is 22.3 Å². The molecule has 29 heavy (non-hydrogen) atoms. The first-order valence-corrected chi connectivity index (χ1v) is 13.0. The van der Waals surface area contributed by atoms with Crippen LogP contribution in [0.1, 0.15) is 11.1 Å². The van der Waals surface area contributed by atoms with E-state index in [1.54, 1.807) is 31.4 Å². The first-order valence-electron chi connectivity index (χ1n) is 9.54. The fraction of sp³-hybridized carbons (Fsp3) is 0.0769. The van der Waals surface area contributed by atoms with Gasteiger partial charge >= 0.3 is 0 Å². The molecule has 0 saturated heterocycles. The Morgan fingerprint density at radius 2 is 0.828 bits per heavy atom. The monoisotopic (exact) mass is 430 g/mol. The molecule has 0 aliphatic heterocycles. The summed E-state index contributed by atoms with van der Waals surface area (Å²) in [6, 6.07) is 34.8. The first kappa shape index (κ1) is 20.2. The highest BCUT2D eigenvalue weighted by Crippen LogP contribution is 2.45. The van der Waals surface area contributed by atoms with E-state index in [4.69, 9.17) is 0 Å². The van der Waals surface area contributed by atoms with Crippen LogP contribution in [-0.4, -0.2) is 0 Å². The lowest BCUT2D eigenvalue weighted by molar-refractivity contribution is 1.42. The standard InChI is InChI=1S/C26H22S3/c1-19-7-3-5-9-25(19)21-11-15-23(16-12-21)27-29-28-24-17-13-22(14-18-24)26-10-6-4-8-20(26)2/h3-18H,1-2H3. The third kappa shape index (κ3) is 5.11. The fourth-order valence-electron chi connectivity index (χ4n) is 3.27. The molecule has 144 valence electrons. The van der Waals surface area contributed by atoms with Gasteiger partial charge in [-0.2, -0.15) is 0 Å². The summed E-state index contributed by atoms with van der Waals surface area (Å²) in [5, 5.41) is 0. The van der Waals surface area contributed by atoms with Crippen molar-refractivity contribution >= 4 is 31.4 Å². The topological polar surface area (TPSA) is 0 Å². The molecule has 4 aromatic carbocycles. The summed E-state index contributed by atoms with van der Waals surface area (Å²) in [4.78, 5) is 2.55. The second-order valence-electron chi connectivity index (χ2n) is 6.91. The van der Waals surface area contributed by atoms with Gasteiger partial charge in [0, 0.05) is 9.79 Å². The normalized spacial score (nSPS) is 10.8. The number of rotatable bonds is 6. The minimum atomic E-state index is 1.27. The van der Waals surface area contributed by atoms with Crippen molar-refractivity contribution in [2.24, 2.45) is 0 Å². The summed E-state index contributed by atoms with van der Waals surface area (Å²) >= 11 is 0. The van der Waals surface area contributed by atoms with E-state index in [9.17, 15) is 0 Å². The Morgan fingerprint density at radius 3 is 1.21 bits per heavy atom. The number of aryl methyl sites for hydroxylation is 2. The molecular weight excluding hydrogens is 408 g/mol. The highest BCUT2D eigenvalue weighted by Gasteiger charge is 2.04. The molecule has 0 nitrogen and oxygen atoms in total. The van der Waals surface area contributed by atoms with Gasteiger partial charge in [0.05, 0.1) is 0 Å². The number of hydrogen-bond acceptors (Lipinski definition) is 3. The van der Waals surface area contributed by atoms with Crippen LogP contribution in [0.3, 0.4) is 0 Å². The molecule has 0 spiro atoms. The average molecular weight is 431 g/mol. The SMILES string of the molecule is Cc1ccccc1-c1ccc(SSSc2ccc(-c3ccccc3C)cc2)cc1. The van der Waals surface area contributed by atoms with E-state index in [1.165, 1.54) is 43.2 Å². The molecule has 0 atom stereocenters. The van der Waals surface area contributed by atoms with Gasteiger partial charge in [0.1, 0.15) is 0 Å². The van der Waals surface area contributed by atoms with E-state index >= 15 is 0 Å². The lowest BCUT2D eigenvalue weighted by atomic mass is 10.0. The molecule has 4 aromatic rings. The van der Waals surface area contributed by atoms with Crippen molar-refractivity contribution in [1.82, 2.24) is 0 Å². The highest BCUT2D eigenvalue weighted by atomic mass is 33.5. The molecule has 4 rings (SSSR count). The van der Waals surface area contributed by atoms with Crippen LogP contribution in [0.15, 0.2) is 107 Å². The molecule has 0 heterocycles. The molecule has 3 heteroatoms. The Labute approximate surface area is 185 Å². The lowest BCUT2D eigenvalue weighted by Gasteiger charge is -2.08. The smallest absolute Gasteiger partial charge is 0.0191 e. The summed E-state index contributed by atoms with van der Waals surface area (Å²) in [7, 11) is 5.41. The molecule has 0 fully saturated rings. The van der Waals surface area contributed by atoms with E-state index in [2.05, 4.69) is 111 Å². The summed E-state index contributed by atoms with van der Waals surface area (Å²) in [5.41, 5.74) is 7.78. The second kappa shape index (κ2) is 9.62. The molecule has 0 aliphatic rings. The van der Waals surface area contributed by atoms with Gasteiger partial charge in [-0.05, 0) is 103 Å². The van der Waals surface area contributed by atoms with Crippen LogP contribution in [0.4, 0.5) is 0 Å². The maximum absolute atomic E-state index is 2.22. The van der Waals surface area contributed by atoms with E-state index in [0.717, 1.165) is 0 Å². The van der Waals surface area contributed by atoms with Gasteiger partial charge in [-0.3, -0.25) is 0 Å². The van der Waals surface area contributed by atoms with Gasteiger partial charge in [0.15, 0.2) is 0 Å². The van der Waals surface area contributed by atoms with Gasteiger partial charge in [-0.1, -0.05) is 72.8 Å². The van der Waals surface area contributed by atoms with E-state index in [-0.39, 0.29) is 0 Å². The van der Waals surface area contributed by atoms with Crippen molar-refractivity contribution in [1.29, 1.82) is 0 Å². The Hall–Kier alpha value is -2.07. The van der Waals surface area contributed by atoms with E-state index < -0.39 is 0 Å². The molecular formula is C26H22S3. The van der Waals surface area contributed by atoms with Crippen molar-refractivity contribution in [3.8, 4) is 22.3 Å². The Morgan fingerprint density at radius 1 is 0.448 bits per heavy atom. The van der Waals surface area contributed by atoms with Gasteiger partial charge in [-0.15, -0.1) is 0 Å². The molecule has 0 unspecified atom stereocenters. The highest BCUT2D eigenvalue weighted by molar-refractivity contribution is 9.09. The van der Waals surface area contributed by atoms with Crippen LogP contribution in [0.2, 0.25) is 0 Å². The van der Waals surface area contributed by atoms with Crippen LogP contribution in [-0.2, 0) is 0 Å². The van der Waals surface area contributed by atoms with E-state index in [0.29, 0.717) is 0 Å². The van der Waals surface area contributed by atoms with Crippen molar-refractivity contribution in [3.05, 3.63) is 108 Å². The molecule has 0 radical (unpaired) electrons. The first-order chi connectivity index (χ1) is 14.2. The van der Waals surface area contributed by atoms with Crippen LogP contribution in [0, 0.1) is 13.8 Å². The third-order valence-electron chi connectivity index (χ3n) is 4.88. The minimum absolute atomic E-state index is 1.27. The molecule has 0 bridgehead atoms. The fourth-order valence-corrected chi connectivity index (χ4v) is 6.92.